The molecule has 1 saturated heterocycles. The third-order valence-electron chi connectivity index (χ3n) is 3.42. The average Bonchev–Trinajstić information content (AvgIpc) is 2.46. The highest BCUT2D eigenvalue weighted by atomic mass is 19.1. The third-order valence-corrected chi connectivity index (χ3v) is 3.42. The van der Waals surface area contributed by atoms with Gasteiger partial charge < -0.3 is 20.5 Å². The largest absolute Gasteiger partial charge is 0.484 e. The first-order valence-electron chi connectivity index (χ1n) is 7.11. The number of amides is 1. The normalized spacial score (nSPS) is 17.3. The van der Waals surface area contributed by atoms with Crippen molar-refractivity contribution in [3.8, 4) is 5.75 Å². The van der Waals surface area contributed by atoms with Gasteiger partial charge in [0.25, 0.3) is 5.91 Å². The Morgan fingerprint density at radius 1 is 1.52 bits per heavy atom. The molecule has 0 spiro atoms. The van der Waals surface area contributed by atoms with Crippen LogP contribution in [0.4, 0.5) is 4.39 Å². The Balaban J connectivity index is 1.82. The molecule has 1 aliphatic rings. The summed E-state index contributed by atoms with van der Waals surface area (Å²) in [5, 5.41) is 2.88. The molecule has 21 heavy (non-hydrogen) atoms. The van der Waals surface area contributed by atoms with Crippen LogP contribution in [0.15, 0.2) is 18.2 Å². The van der Waals surface area contributed by atoms with Crippen LogP contribution < -0.4 is 15.8 Å². The zero-order chi connectivity index (χ0) is 15.2. The molecule has 1 heterocycles. The first-order valence-corrected chi connectivity index (χ1v) is 7.11. The van der Waals surface area contributed by atoms with Gasteiger partial charge in [-0.3, -0.25) is 4.79 Å². The van der Waals surface area contributed by atoms with Gasteiger partial charge >= 0.3 is 0 Å². The molecule has 1 atom stereocenters. The number of rotatable bonds is 5. The molecule has 5 nitrogen and oxygen atoms in total. The van der Waals surface area contributed by atoms with Crippen molar-refractivity contribution in [3.63, 3.8) is 0 Å². The lowest BCUT2D eigenvalue weighted by Gasteiger charge is -2.23. The molecule has 0 radical (unpaired) electrons. The fraction of sp³-hybridized carbons (Fsp3) is 0.533. The van der Waals surface area contributed by atoms with Crippen molar-refractivity contribution in [2.45, 2.75) is 31.8 Å². The molecule has 116 valence electrons. The Morgan fingerprint density at radius 2 is 2.24 bits per heavy atom. The lowest BCUT2D eigenvalue weighted by Crippen LogP contribution is -2.41. The first kappa shape index (κ1) is 15.7. The molecule has 0 bridgehead atoms. The summed E-state index contributed by atoms with van der Waals surface area (Å²) in [6, 6.07) is 4.19. The maximum absolute atomic E-state index is 13.7. The number of nitrogens with two attached hydrogens (primary N) is 1. The van der Waals surface area contributed by atoms with Crippen molar-refractivity contribution in [1.82, 2.24) is 5.32 Å². The molecular weight excluding hydrogens is 275 g/mol. The molecule has 1 aliphatic heterocycles. The van der Waals surface area contributed by atoms with Crippen LogP contribution in [-0.4, -0.2) is 31.8 Å². The highest BCUT2D eigenvalue weighted by molar-refractivity contribution is 5.77. The third kappa shape index (κ3) is 4.68. The maximum atomic E-state index is 13.7. The van der Waals surface area contributed by atoms with Gasteiger partial charge in [-0.15, -0.1) is 0 Å². The van der Waals surface area contributed by atoms with Gasteiger partial charge in [0, 0.05) is 36.9 Å². The van der Waals surface area contributed by atoms with E-state index in [0.717, 1.165) is 12.8 Å². The van der Waals surface area contributed by atoms with Crippen LogP contribution in [0.2, 0.25) is 0 Å². The summed E-state index contributed by atoms with van der Waals surface area (Å²) in [7, 11) is 0. The standard InChI is InChI=1S/C15H21FN2O3/c1-10(17)13-3-2-12(8-14(13)16)21-9-15(19)18-11-4-6-20-7-5-11/h2-3,8,10-11H,4-7,9,17H2,1H3,(H,18,19)/t10-/m1/s1. The summed E-state index contributed by atoms with van der Waals surface area (Å²) in [6.45, 7) is 2.90. The van der Waals surface area contributed by atoms with E-state index in [1.807, 2.05) is 0 Å². The second-order valence-corrected chi connectivity index (χ2v) is 5.21. The fourth-order valence-electron chi connectivity index (χ4n) is 2.23. The minimum atomic E-state index is -0.424. The van der Waals surface area contributed by atoms with Gasteiger partial charge in [0.2, 0.25) is 0 Å². The topological polar surface area (TPSA) is 73.6 Å². The van der Waals surface area contributed by atoms with Crippen molar-refractivity contribution >= 4 is 5.91 Å². The summed E-state index contributed by atoms with van der Waals surface area (Å²) >= 11 is 0. The summed E-state index contributed by atoms with van der Waals surface area (Å²) in [6.07, 6.45) is 1.62. The van der Waals surface area contributed by atoms with Crippen LogP contribution in [0.1, 0.15) is 31.4 Å². The Morgan fingerprint density at radius 3 is 2.86 bits per heavy atom. The smallest absolute Gasteiger partial charge is 0.258 e. The molecule has 0 aliphatic carbocycles. The van der Waals surface area contributed by atoms with E-state index in [2.05, 4.69) is 5.32 Å². The number of ether oxygens (including phenoxy) is 2. The van der Waals surface area contributed by atoms with Crippen molar-refractivity contribution in [3.05, 3.63) is 29.6 Å². The number of hydrogen-bond acceptors (Lipinski definition) is 4. The van der Waals surface area contributed by atoms with Gasteiger partial charge in [0.15, 0.2) is 6.61 Å². The quantitative estimate of drug-likeness (QED) is 0.864. The zero-order valence-electron chi connectivity index (χ0n) is 12.1. The summed E-state index contributed by atoms with van der Waals surface area (Å²) in [4.78, 5) is 11.8. The second kappa shape index (κ2) is 7.38. The Bertz CT molecular complexity index is 488. The van der Waals surface area contributed by atoms with Gasteiger partial charge in [0.1, 0.15) is 11.6 Å². The monoisotopic (exact) mass is 296 g/mol. The van der Waals surface area contributed by atoms with E-state index in [0.29, 0.717) is 24.5 Å². The van der Waals surface area contributed by atoms with Gasteiger partial charge in [-0.05, 0) is 25.8 Å². The van der Waals surface area contributed by atoms with E-state index in [1.54, 1.807) is 19.1 Å². The van der Waals surface area contributed by atoms with Crippen molar-refractivity contribution in [1.29, 1.82) is 0 Å². The van der Waals surface area contributed by atoms with E-state index >= 15 is 0 Å². The molecule has 1 aromatic carbocycles. The first-order chi connectivity index (χ1) is 10.1. The average molecular weight is 296 g/mol. The molecule has 1 fully saturated rings. The number of benzene rings is 1. The number of carbonyl (C=O) groups is 1. The van der Waals surface area contributed by atoms with E-state index in [9.17, 15) is 9.18 Å². The molecule has 1 aromatic rings. The highest BCUT2D eigenvalue weighted by Gasteiger charge is 2.16. The van der Waals surface area contributed by atoms with Crippen LogP contribution in [-0.2, 0) is 9.53 Å². The van der Waals surface area contributed by atoms with E-state index in [4.69, 9.17) is 15.2 Å². The van der Waals surface area contributed by atoms with E-state index in [1.165, 1.54) is 6.07 Å². The van der Waals surface area contributed by atoms with Crippen LogP contribution in [0.5, 0.6) is 5.75 Å². The van der Waals surface area contributed by atoms with Crippen LogP contribution in [0.25, 0.3) is 0 Å². The predicted molar refractivity (Wildman–Crippen MR) is 76.5 cm³/mol. The van der Waals surface area contributed by atoms with Gasteiger partial charge in [-0.25, -0.2) is 4.39 Å². The maximum Gasteiger partial charge on any atom is 0.258 e. The highest BCUT2D eigenvalue weighted by Crippen LogP contribution is 2.20. The molecule has 3 N–H and O–H groups in total. The predicted octanol–water partition coefficient (Wildman–Crippen LogP) is 1.52. The van der Waals surface area contributed by atoms with Gasteiger partial charge in [0.05, 0.1) is 0 Å². The van der Waals surface area contributed by atoms with Gasteiger partial charge in [-0.1, -0.05) is 6.07 Å². The van der Waals surface area contributed by atoms with Gasteiger partial charge in [-0.2, -0.15) is 0 Å². The number of carbonyl (C=O) groups excluding carboxylic acids is 1. The summed E-state index contributed by atoms with van der Waals surface area (Å²) < 4.78 is 24.2. The van der Waals surface area contributed by atoms with Crippen LogP contribution in [0, 0.1) is 5.82 Å². The van der Waals surface area contributed by atoms with Crippen molar-refractivity contribution in [2.75, 3.05) is 19.8 Å². The Labute approximate surface area is 123 Å². The van der Waals surface area contributed by atoms with Crippen LogP contribution >= 0.6 is 0 Å². The number of hydrogen-bond donors (Lipinski definition) is 2. The Kier molecular flexibility index (Phi) is 5.52. The SMILES string of the molecule is C[C@@H](N)c1ccc(OCC(=O)NC2CCOCC2)cc1F. The molecular formula is C15H21FN2O3. The number of nitrogens with one attached hydrogen (secondary N) is 1. The second-order valence-electron chi connectivity index (χ2n) is 5.21. The summed E-state index contributed by atoms with van der Waals surface area (Å²) in [5.41, 5.74) is 6.06. The molecule has 1 amide bonds. The molecule has 2 rings (SSSR count). The lowest BCUT2D eigenvalue weighted by molar-refractivity contribution is -0.124. The van der Waals surface area contributed by atoms with Crippen LogP contribution in [0.3, 0.4) is 0 Å². The summed E-state index contributed by atoms with van der Waals surface area (Å²) in [5.74, 6) is -0.315. The van der Waals surface area contributed by atoms with Crippen molar-refractivity contribution < 1.29 is 18.7 Å². The molecule has 0 saturated carbocycles. The minimum absolute atomic E-state index is 0.131. The molecule has 0 aromatic heterocycles. The minimum Gasteiger partial charge on any atom is -0.484 e. The molecule has 0 unspecified atom stereocenters. The zero-order valence-corrected chi connectivity index (χ0v) is 12.1. The van der Waals surface area contributed by atoms with E-state index < -0.39 is 5.82 Å². The Hall–Kier alpha value is -1.66. The lowest BCUT2D eigenvalue weighted by atomic mass is 10.1. The van der Waals surface area contributed by atoms with E-state index in [-0.39, 0.29) is 24.6 Å². The number of halogens is 1. The van der Waals surface area contributed by atoms with Crippen molar-refractivity contribution in [2.24, 2.45) is 5.73 Å². The fourth-order valence-corrected chi connectivity index (χ4v) is 2.23. The molecule has 6 heteroatoms.